The molecule has 11 atom stereocenters. The number of carboxylic acids is 1. The highest BCUT2D eigenvalue weighted by atomic mass is 16.4. The highest BCUT2D eigenvalue weighted by Gasteiger charge is 2.42. The van der Waals surface area contributed by atoms with Crippen LogP contribution in [0, 0.1) is 23.7 Å². The molecule has 1 saturated heterocycles. The Morgan fingerprint density at radius 2 is 0.952 bits per heavy atom. The van der Waals surface area contributed by atoms with E-state index >= 15 is 0 Å². The molecule has 0 saturated carbocycles. The second-order valence-corrected chi connectivity index (χ2v) is 22.6. The van der Waals surface area contributed by atoms with Gasteiger partial charge in [0.1, 0.15) is 54.4 Å². The number of carboxylic acid groups (broad SMARTS) is 1. The Balaban J connectivity index is 3.45. The highest BCUT2D eigenvalue weighted by molar-refractivity contribution is 5.99. The Kier molecular flexibility index (Phi) is 33.8. The second-order valence-electron chi connectivity index (χ2n) is 22.6. The third kappa shape index (κ3) is 27.3. The predicted molar refractivity (Wildman–Crippen MR) is 305 cm³/mol. The first kappa shape index (κ1) is 74.0. The van der Waals surface area contributed by atoms with Crippen molar-refractivity contribution in [3.05, 3.63) is 0 Å². The van der Waals surface area contributed by atoms with E-state index in [1.165, 1.54) is 4.90 Å². The lowest BCUT2D eigenvalue weighted by atomic mass is 9.95. The van der Waals surface area contributed by atoms with Gasteiger partial charge in [0.15, 0.2) is 0 Å². The van der Waals surface area contributed by atoms with Crippen LogP contribution in [0.5, 0.6) is 0 Å². The van der Waals surface area contributed by atoms with Gasteiger partial charge in [0.05, 0.1) is 12.5 Å². The Hall–Kier alpha value is -7.01. The minimum absolute atomic E-state index is 0.0514. The summed E-state index contributed by atoms with van der Waals surface area (Å²) in [6.45, 7) is 14.6. The summed E-state index contributed by atoms with van der Waals surface area (Å²) in [4.78, 5) is 174. The van der Waals surface area contributed by atoms with Crippen molar-refractivity contribution in [3.63, 3.8) is 0 Å². The van der Waals surface area contributed by atoms with Crippen molar-refractivity contribution in [1.82, 2.24) is 47.4 Å². The lowest BCUT2D eigenvalue weighted by Gasteiger charge is -2.33. The largest absolute Gasteiger partial charge is 0.480 e. The number of nitrogens with two attached hydrogens (primary N) is 6. The third-order valence-corrected chi connectivity index (χ3v) is 14.1. The maximum Gasteiger partial charge on any atom is 0.326 e. The minimum atomic E-state index is -1.71. The van der Waals surface area contributed by atoms with E-state index in [9.17, 15) is 67.4 Å². The summed E-state index contributed by atoms with van der Waals surface area (Å²) in [6.07, 6.45) is 1.28. The zero-order chi connectivity index (χ0) is 63.3. The van der Waals surface area contributed by atoms with E-state index < -0.39 is 156 Å². The molecule has 0 aromatic rings. The molecule has 83 heavy (non-hydrogen) atoms. The zero-order valence-electron chi connectivity index (χ0n) is 49.7. The maximum atomic E-state index is 14.6. The first-order valence-corrected chi connectivity index (χ1v) is 28.9. The quantitative estimate of drug-likeness (QED) is 0.0267. The third-order valence-electron chi connectivity index (χ3n) is 14.1. The number of unbranched alkanes of at least 4 members (excludes halogenated alkanes) is 2. The molecule has 0 aliphatic carbocycles. The van der Waals surface area contributed by atoms with Crippen molar-refractivity contribution in [2.75, 3.05) is 19.6 Å². The van der Waals surface area contributed by atoms with Gasteiger partial charge in [-0.15, -0.1) is 0 Å². The van der Waals surface area contributed by atoms with Crippen LogP contribution in [0.25, 0.3) is 0 Å². The Morgan fingerprint density at radius 1 is 0.506 bits per heavy atom. The molecule has 29 heteroatoms. The molecule has 29 nitrogen and oxygen atoms in total. The SMILES string of the molecule is CC[C@H](C)[C@H](NC(=O)[C@@H]1CCCN1C(=O)[C@H](CC(C)C)NC(=O)[C@H](CC(C)C)NC(=O)[C@H](CCC(N)=O)NC(=O)[C@@H](N)CCCCN)C(=O)N[C@H](C(=O)N[C@@H](CC(N)=O)C(=O)N[C@@H](CCCCN)C(=O)N[C@@H](CCC(N)=O)C(=O)O)C(C)C. The van der Waals surface area contributed by atoms with E-state index in [4.69, 9.17) is 34.4 Å². The van der Waals surface area contributed by atoms with Gasteiger partial charge in [0, 0.05) is 19.4 Å². The second kappa shape index (κ2) is 38.0. The number of amides is 12. The molecule has 12 amide bonds. The van der Waals surface area contributed by atoms with Crippen molar-refractivity contribution in [1.29, 1.82) is 0 Å². The lowest BCUT2D eigenvalue weighted by molar-refractivity contribution is -0.143. The summed E-state index contributed by atoms with van der Waals surface area (Å²) >= 11 is 0. The average Bonchev–Trinajstić information content (AvgIpc) is 4.13. The van der Waals surface area contributed by atoms with E-state index in [1.54, 1.807) is 27.7 Å². The van der Waals surface area contributed by atoms with E-state index in [1.807, 2.05) is 27.7 Å². The number of likely N-dealkylation sites (tertiary alicyclic amines) is 1. The summed E-state index contributed by atoms with van der Waals surface area (Å²) < 4.78 is 0. The Morgan fingerprint density at radius 3 is 1.46 bits per heavy atom. The van der Waals surface area contributed by atoms with Gasteiger partial charge in [0.25, 0.3) is 0 Å². The van der Waals surface area contributed by atoms with Gasteiger partial charge in [-0.1, -0.05) is 68.2 Å². The average molecular weight is 1180 g/mol. The number of primary amides is 3. The topological polar surface area (TPSA) is 498 Å². The number of nitrogens with zero attached hydrogens (tertiary/aromatic N) is 1. The van der Waals surface area contributed by atoms with Gasteiger partial charge in [-0.2, -0.15) is 0 Å². The molecule has 1 fully saturated rings. The summed E-state index contributed by atoms with van der Waals surface area (Å²) in [5.41, 5.74) is 33.3. The zero-order valence-corrected chi connectivity index (χ0v) is 49.7. The number of nitrogens with one attached hydrogen (secondary N) is 8. The molecule has 21 N–H and O–H groups in total. The van der Waals surface area contributed by atoms with Crippen LogP contribution in [0.2, 0.25) is 0 Å². The molecule has 0 spiro atoms. The van der Waals surface area contributed by atoms with E-state index in [2.05, 4.69) is 42.5 Å². The summed E-state index contributed by atoms with van der Waals surface area (Å²) in [6, 6.07) is -13.2. The molecule has 1 aliphatic heterocycles. The van der Waals surface area contributed by atoms with E-state index in [0.29, 0.717) is 38.6 Å². The predicted octanol–water partition coefficient (Wildman–Crippen LogP) is -3.27. The summed E-state index contributed by atoms with van der Waals surface area (Å²) in [7, 11) is 0. The van der Waals surface area contributed by atoms with Gasteiger partial charge >= 0.3 is 5.97 Å². The number of carbonyl (C=O) groups is 13. The Bertz CT molecular complexity index is 2220. The monoisotopic (exact) mass is 1180 g/mol. The van der Waals surface area contributed by atoms with E-state index in [-0.39, 0.29) is 89.1 Å². The number of carbonyl (C=O) groups excluding carboxylic acids is 12. The van der Waals surface area contributed by atoms with Crippen LogP contribution >= 0.6 is 0 Å². The van der Waals surface area contributed by atoms with Crippen molar-refractivity contribution in [2.45, 2.75) is 219 Å². The van der Waals surface area contributed by atoms with Crippen molar-refractivity contribution in [2.24, 2.45) is 58.1 Å². The van der Waals surface area contributed by atoms with Gasteiger partial charge in [-0.05, 0) is 107 Å². The van der Waals surface area contributed by atoms with E-state index in [0.717, 1.165) is 0 Å². The first-order valence-electron chi connectivity index (χ1n) is 28.9. The molecule has 1 rings (SSSR count). The Labute approximate surface area is 486 Å². The van der Waals surface area contributed by atoms with Crippen molar-refractivity contribution >= 4 is 76.9 Å². The highest BCUT2D eigenvalue weighted by Crippen LogP contribution is 2.22. The lowest BCUT2D eigenvalue weighted by Crippen LogP contribution is -2.62. The fourth-order valence-corrected chi connectivity index (χ4v) is 9.17. The standard InChI is InChI=1S/C54H97N15O14/c1-9-31(8)44(52(80)67-43(30(6)7)51(79)65-37(27-42(60)72)49(77)62-33(16-11-13-23-56)46(74)63-35(54(82)83)19-21-41(59)71)68-50(78)39-17-14-24-69(39)53(81)38(26-29(4)5)66-48(76)36(25-28(2)3)64-47(75)34(18-20-40(58)70)61-45(73)32(57)15-10-12-22-55/h28-39,43-44H,9-27,55-57H2,1-8H3,(H2,58,70)(H2,59,71)(H2,60,72)(H,61,73)(H,62,77)(H,63,74)(H,64,75)(H,65,79)(H,66,76)(H,67,80)(H,68,78)(H,82,83)/t31-,32-,33-,34-,35-,36-,37-,38-,39-,43-,44-/m0/s1. The maximum absolute atomic E-state index is 14.6. The molecule has 0 aromatic heterocycles. The van der Waals surface area contributed by atoms with Crippen LogP contribution < -0.4 is 76.9 Å². The molecule has 0 bridgehead atoms. The van der Waals surface area contributed by atoms with Crippen LogP contribution in [0.3, 0.4) is 0 Å². The number of rotatable bonds is 41. The molecule has 472 valence electrons. The van der Waals surface area contributed by atoms with Crippen LogP contribution in [-0.2, 0) is 62.3 Å². The van der Waals surface area contributed by atoms with Crippen LogP contribution in [0.4, 0.5) is 0 Å². The van der Waals surface area contributed by atoms with Gasteiger partial charge in [0.2, 0.25) is 70.9 Å². The summed E-state index contributed by atoms with van der Waals surface area (Å²) in [5, 5.41) is 30.3. The minimum Gasteiger partial charge on any atom is -0.480 e. The molecule has 0 radical (unpaired) electrons. The van der Waals surface area contributed by atoms with Crippen LogP contribution in [0.15, 0.2) is 0 Å². The van der Waals surface area contributed by atoms with Crippen LogP contribution in [0.1, 0.15) is 158 Å². The number of aliphatic carboxylic acids is 1. The number of hydrogen-bond donors (Lipinski definition) is 15. The van der Waals surface area contributed by atoms with Crippen LogP contribution in [-0.4, -0.2) is 167 Å². The number of hydrogen-bond acceptors (Lipinski definition) is 16. The molecule has 1 aliphatic rings. The fourth-order valence-electron chi connectivity index (χ4n) is 9.17. The normalized spacial score (nSPS) is 16.8. The molecule has 0 aromatic carbocycles. The fraction of sp³-hybridized carbons (Fsp3) is 0.759. The molecule has 1 heterocycles. The molecular formula is C54H97N15O14. The molecular weight excluding hydrogens is 1080 g/mol. The van der Waals surface area contributed by atoms with Gasteiger partial charge < -0.3 is 86.9 Å². The van der Waals surface area contributed by atoms with Gasteiger partial charge in [-0.3, -0.25) is 57.5 Å². The van der Waals surface area contributed by atoms with Crippen molar-refractivity contribution < 1.29 is 67.4 Å². The van der Waals surface area contributed by atoms with Crippen molar-refractivity contribution in [3.8, 4) is 0 Å². The smallest absolute Gasteiger partial charge is 0.326 e. The van der Waals surface area contributed by atoms with Gasteiger partial charge in [-0.25, -0.2) is 4.79 Å². The summed E-state index contributed by atoms with van der Waals surface area (Å²) in [5.74, 6) is -12.8. The molecule has 0 unspecified atom stereocenters. The first-order chi connectivity index (χ1) is 38.9.